The number of carbonyl (C=O) groups is 2. The van der Waals surface area contributed by atoms with Gasteiger partial charge in [0.2, 0.25) is 0 Å². The summed E-state index contributed by atoms with van der Waals surface area (Å²) < 4.78 is 16.1. The maximum atomic E-state index is 12.7. The third-order valence-corrected chi connectivity index (χ3v) is 5.19. The van der Waals surface area contributed by atoms with Crippen LogP contribution in [0.1, 0.15) is 79.6 Å². The third-order valence-electron chi connectivity index (χ3n) is 5.19. The molecule has 180 valence electrons. The molecule has 1 unspecified atom stereocenters. The van der Waals surface area contributed by atoms with Crippen molar-refractivity contribution in [3.8, 4) is 5.75 Å². The molecule has 0 aliphatic rings. The molecule has 0 saturated heterocycles. The van der Waals surface area contributed by atoms with Crippen LogP contribution in [0.3, 0.4) is 0 Å². The maximum absolute atomic E-state index is 12.7. The van der Waals surface area contributed by atoms with E-state index >= 15 is 0 Å². The minimum Gasteiger partial charge on any atom is -0.465 e. The van der Waals surface area contributed by atoms with Crippen LogP contribution in [0.15, 0.2) is 24.3 Å². The van der Waals surface area contributed by atoms with Crippen LogP contribution in [-0.2, 0) is 14.3 Å². The highest BCUT2D eigenvalue weighted by Crippen LogP contribution is 2.30. The zero-order valence-corrected chi connectivity index (χ0v) is 19.9. The average molecular weight is 452 g/mol. The summed E-state index contributed by atoms with van der Waals surface area (Å²) in [7, 11) is 0. The normalized spacial score (nSPS) is 12.3. The smallest absolute Gasteiger partial charge is 0.465 e. The molecule has 1 rings (SSSR count). The molecule has 1 aromatic carbocycles. The van der Waals surface area contributed by atoms with E-state index in [-0.39, 0.29) is 17.4 Å². The van der Waals surface area contributed by atoms with Crippen LogP contribution in [0.25, 0.3) is 0 Å². The van der Waals surface area contributed by atoms with Gasteiger partial charge >= 0.3 is 12.1 Å². The summed E-state index contributed by atoms with van der Waals surface area (Å²) in [5.41, 5.74) is -1.16. The van der Waals surface area contributed by atoms with Gasteiger partial charge in [-0.05, 0) is 44.7 Å². The van der Waals surface area contributed by atoms with Crippen LogP contribution in [0, 0.1) is 21.4 Å². The van der Waals surface area contributed by atoms with Gasteiger partial charge in [-0.1, -0.05) is 52.9 Å². The van der Waals surface area contributed by atoms with Crippen LogP contribution in [-0.4, -0.2) is 29.8 Å². The monoisotopic (exact) mass is 451 g/mol. The van der Waals surface area contributed by atoms with Gasteiger partial charge < -0.3 is 14.2 Å². The van der Waals surface area contributed by atoms with Crippen molar-refractivity contribution in [3.05, 3.63) is 34.4 Å². The van der Waals surface area contributed by atoms with E-state index < -0.39 is 28.6 Å². The molecule has 1 atom stereocenters. The van der Waals surface area contributed by atoms with Crippen LogP contribution >= 0.6 is 0 Å². The number of nitro benzene ring substituents is 1. The summed E-state index contributed by atoms with van der Waals surface area (Å²) in [6, 6.07) is 5.13. The fourth-order valence-corrected chi connectivity index (χ4v) is 3.11. The lowest BCUT2D eigenvalue weighted by molar-refractivity contribution is -0.384. The molecule has 8 nitrogen and oxygen atoms in total. The second kappa shape index (κ2) is 13.7. The molecule has 32 heavy (non-hydrogen) atoms. The topological polar surface area (TPSA) is 105 Å². The molecule has 0 bridgehead atoms. The summed E-state index contributed by atoms with van der Waals surface area (Å²) in [5.74, 6) is -0.107. The summed E-state index contributed by atoms with van der Waals surface area (Å²) in [6.45, 7) is 9.76. The van der Waals surface area contributed by atoms with Crippen molar-refractivity contribution in [1.29, 1.82) is 0 Å². The maximum Gasteiger partial charge on any atom is 0.514 e. The molecule has 0 aromatic heterocycles. The van der Waals surface area contributed by atoms with E-state index in [1.165, 1.54) is 30.7 Å². The summed E-state index contributed by atoms with van der Waals surface area (Å²) in [4.78, 5) is 35.4. The minimum atomic E-state index is -1.05. The summed E-state index contributed by atoms with van der Waals surface area (Å²) in [6.07, 6.45) is 5.21. The molecule has 0 spiro atoms. The standard InChI is InChI=1S/C24H37NO7/c1-6-7-8-9-10-11-12-21(24(4,5)22(26)30-17-18(2)3)32-23(27)31-20-15-13-19(14-16-20)25(28)29/h13-16,18,21H,6-12,17H2,1-5H3. The van der Waals surface area contributed by atoms with E-state index in [4.69, 9.17) is 14.2 Å². The highest BCUT2D eigenvalue weighted by Gasteiger charge is 2.41. The number of unbranched alkanes of at least 4 members (excludes halogenated alkanes) is 5. The van der Waals surface area contributed by atoms with Gasteiger partial charge in [0.05, 0.1) is 16.9 Å². The van der Waals surface area contributed by atoms with Gasteiger partial charge in [-0.25, -0.2) is 4.79 Å². The van der Waals surface area contributed by atoms with Crippen molar-refractivity contribution in [2.45, 2.75) is 85.7 Å². The van der Waals surface area contributed by atoms with Crippen molar-refractivity contribution in [2.24, 2.45) is 11.3 Å². The van der Waals surface area contributed by atoms with Gasteiger partial charge in [0.1, 0.15) is 11.9 Å². The number of nitro groups is 1. The molecule has 0 amide bonds. The highest BCUT2D eigenvalue weighted by molar-refractivity contribution is 5.77. The average Bonchev–Trinajstić information content (AvgIpc) is 2.73. The largest absolute Gasteiger partial charge is 0.514 e. The Kier molecular flexibility index (Phi) is 11.7. The number of carbonyl (C=O) groups excluding carboxylic acids is 2. The fourth-order valence-electron chi connectivity index (χ4n) is 3.11. The molecule has 0 radical (unpaired) electrons. The Morgan fingerprint density at radius 3 is 2.19 bits per heavy atom. The first-order chi connectivity index (χ1) is 15.1. The van der Waals surface area contributed by atoms with E-state index in [1.54, 1.807) is 13.8 Å². The Morgan fingerprint density at radius 2 is 1.62 bits per heavy atom. The van der Waals surface area contributed by atoms with Gasteiger partial charge in [-0.3, -0.25) is 14.9 Å². The Balaban J connectivity index is 2.80. The number of esters is 1. The molecular weight excluding hydrogens is 414 g/mol. The fraction of sp³-hybridized carbons (Fsp3) is 0.667. The lowest BCUT2D eigenvalue weighted by atomic mass is 9.83. The minimum absolute atomic E-state index is 0.110. The molecule has 0 saturated carbocycles. The highest BCUT2D eigenvalue weighted by atomic mass is 16.7. The molecule has 0 aliphatic heterocycles. The molecule has 0 N–H and O–H groups in total. The zero-order valence-electron chi connectivity index (χ0n) is 19.9. The number of nitrogens with zero attached hydrogens (tertiary/aromatic N) is 1. The summed E-state index contributed by atoms with van der Waals surface area (Å²) >= 11 is 0. The lowest BCUT2D eigenvalue weighted by Crippen LogP contribution is -2.42. The predicted octanol–water partition coefficient (Wildman–Crippen LogP) is 6.45. The SMILES string of the molecule is CCCCCCCCC(OC(=O)Oc1ccc([N+](=O)[O-])cc1)C(C)(C)C(=O)OCC(C)C. The Hall–Kier alpha value is -2.64. The van der Waals surface area contributed by atoms with Gasteiger partial charge in [0, 0.05) is 12.1 Å². The third kappa shape index (κ3) is 9.66. The number of hydrogen-bond donors (Lipinski definition) is 0. The first-order valence-corrected chi connectivity index (χ1v) is 11.4. The number of non-ortho nitro benzene ring substituents is 1. The molecule has 0 heterocycles. The van der Waals surface area contributed by atoms with Crippen LogP contribution in [0.2, 0.25) is 0 Å². The number of benzene rings is 1. The first kappa shape index (κ1) is 27.4. The van der Waals surface area contributed by atoms with Crippen molar-refractivity contribution in [1.82, 2.24) is 0 Å². The number of rotatable bonds is 14. The van der Waals surface area contributed by atoms with Crippen molar-refractivity contribution >= 4 is 17.8 Å². The van der Waals surface area contributed by atoms with Gasteiger partial charge in [-0.2, -0.15) is 0 Å². The van der Waals surface area contributed by atoms with E-state index in [2.05, 4.69) is 6.92 Å². The Labute approximate surface area is 190 Å². The van der Waals surface area contributed by atoms with E-state index in [9.17, 15) is 19.7 Å². The van der Waals surface area contributed by atoms with Crippen LogP contribution < -0.4 is 4.74 Å². The van der Waals surface area contributed by atoms with Gasteiger partial charge in [0.25, 0.3) is 5.69 Å². The second-order valence-electron chi connectivity index (χ2n) is 8.98. The second-order valence-corrected chi connectivity index (χ2v) is 8.98. The molecule has 0 aliphatic carbocycles. The van der Waals surface area contributed by atoms with Crippen molar-refractivity contribution in [3.63, 3.8) is 0 Å². The quantitative estimate of drug-likeness (QED) is 0.105. The number of hydrogen-bond acceptors (Lipinski definition) is 7. The van der Waals surface area contributed by atoms with E-state index in [0.717, 1.165) is 32.1 Å². The summed E-state index contributed by atoms with van der Waals surface area (Å²) in [5, 5.41) is 10.8. The zero-order chi connectivity index (χ0) is 24.1. The van der Waals surface area contributed by atoms with Crippen LogP contribution in [0.4, 0.5) is 10.5 Å². The predicted molar refractivity (Wildman–Crippen MR) is 122 cm³/mol. The Morgan fingerprint density at radius 1 is 1.03 bits per heavy atom. The molecule has 8 heteroatoms. The molecule has 0 fully saturated rings. The van der Waals surface area contributed by atoms with Crippen LogP contribution in [0.5, 0.6) is 5.75 Å². The Bertz CT molecular complexity index is 728. The van der Waals surface area contributed by atoms with Crippen molar-refractivity contribution in [2.75, 3.05) is 6.61 Å². The van der Waals surface area contributed by atoms with Gasteiger partial charge in [0.15, 0.2) is 0 Å². The molecular formula is C24H37NO7. The van der Waals surface area contributed by atoms with Gasteiger partial charge in [-0.15, -0.1) is 0 Å². The molecule has 1 aromatic rings. The van der Waals surface area contributed by atoms with Crippen molar-refractivity contribution < 1.29 is 28.7 Å². The number of ether oxygens (including phenoxy) is 3. The van der Waals surface area contributed by atoms with E-state index in [1.807, 2.05) is 13.8 Å². The van der Waals surface area contributed by atoms with E-state index in [0.29, 0.717) is 13.0 Å². The lowest BCUT2D eigenvalue weighted by Gasteiger charge is -2.31. The first-order valence-electron chi connectivity index (χ1n) is 11.4.